The quantitative estimate of drug-likeness (QED) is 0.138. The average Bonchev–Trinajstić information content (AvgIpc) is 3.51. The first-order chi connectivity index (χ1) is 23.3. The van der Waals surface area contributed by atoms with Crippen LogP contribution in [0.15, 0.2) is 109 Å². The first-order valence-electron chi connectivity index (χ1n) is 16.5. The van der Waals surface area contributed by atoms with E-state index >= 15 is 4.79 Å². The Bertz CT molecular complexity index is 1990. The normalized spacial score (nSPS) is 19.7. The van der Waals surface area contributed by atoms with Crippen molar-refractivity contribution in [1.82, 2.24) is 15.1 Å². The molecule has 48 heavy (non-hydrogen) atoms. The minimum atomic E-state index is -1.47. The van der Waals surface area contributed by atoms with Crippen LogP contribution in [0.25, 0.3) is 10.9 Å². The van der Waals surface area contributed by atoms with E-state index in [2.05, 4.69) is 22.3 Å². The Kier molecular flexibility index (Phi) is 8.35. The summed E-state index contributed by atoms with van der Waals surface area (Å²) in [7, 11) is 0. The Morgan fingerprint density at radius 2 is 1.56 bits per heavy atom. The predicted octanol–water partition coefficient (Wildman–Crippen LogP) is 6.59. The van der Waals surface area contributed by atoms with Crippen molar-refractivity contribution in [2.24, 2.45) is 5.41 Å². The van der Waals surface area contributed by atoms with Crippen molar-refractivity contribution >= 4 is 45.8 Å². The van der Waals surface area contributed by atoms with E-state index in [1.165, 1.54) is 5.56 Å². The van der Waals surface area contributed by atoms with Crippen LogP contribution in [0.2, 0.25) is 0 Å². The smallest absolute Gasteiger partial charge is 0.242 e. The second-order valence-electron chi connectivity index (χ2n) is 12.9. The molecule has 2 aliphatic heterocycles. The Balaban J connectivity index is 1.31. The summed E-state index contributed by atoms with van der Waals surface area (Å²) in [6.45, 7) is 2.21. The summed E-state index contributed by atoms with van der Waals surface area (Å²) >= 11 is 0. The molecule has 3 N–H and O–H groups in total. The van der Waals surface area contributed by atoms with Crippen LogP contribution >= 0.6 is 0 Å². The Labute approximate surface area is 280 Å². The maximum atomic E-state index is 15.1. The van der Waals surface area contributed by atoms with Gasteiger partial charge in [-0.05, 0) is 56.4 Å². The van der Waals surface area contributed by atoms with Crippen LogP contribution in [0.5, 0.6) is 0 Å². The summed E-state index contributed by atoms with van der Waals surface area (Å²) < 4.78 is 0. The van der Waals surface area contributed by atoms with Gasteiger partial charge in [-0.25, -0.2) is 0 Å². The number of hydrogen-bond acceptors (Lipinski definition) is 5. The highest BCUT2D eigenvalue weighted by atomic mass is 16.2. The summed E-state index contributed by atoms with van der Waals surface area (Å²) in [5, 5.41) is 27.6. The number of nitrogens with zero attached hydrogens (tertiary/aromatic N) is 4. The van der Waals surface area contributed by atoms with Gasteiger partial charge in [0.2, 0.25) is 11.8 Å². The summed E-state index contributed by atoms with van der Waals surface area (Å²) in [4.78, 5) is 34.5. The molecule has 2 atom stereocenters. The number of likely N-dealkylation sites (tertiary alicyclic amines) is 1. The summed E-state index contributed by atoms with van der Waals surface area (Å²) in [5.74, 6) is -0.466. The van der Waals surface area contributed by atoms with Crippen molar-refractivity contribution in [3.8, 4) is 0 Å². The molecule has 0 saturated carbocycles. The number of piperidine rings is 1. The highest BCUT2D eigenvalue weighted by Gasteiger charge is 2.50. The molecule has 0 aliphatic carbocycles. The van der Waals surface area contributed by atoms with Crippen molar-refractivity contribution in [3.05, 3.63) is 126 Å². The zero-order valence-electron chi connectivity index (χ0n) is 27.0. The van der Waals surface area contributed by atoms with Crippen LogP contribution in [0.3, 0.4) is 0 Å². The van der Waals surface area contributed by atoms with E-state index in [1.807, 2.05) is 102 Å². The lowest BCUT2D eigenvalue weighted by Gasteiger charge is -2.38. The van der Waals surface area contributed by atoms with Gasteiger partial charge in [0, 0.05) is 30.0 Å². The third kappa shape index (κ3) is 5.65. The molecule has 0 radical (unpaired) electrons. The van der Waals surface area contributed by atoms with E-state index in [1.54, 1.807) is 16.7 Å². The van der Waals surface area contributed by atoms with Crippen LogP contribution in [0.4, 0.5) is 11.4 Å². The number of anilines is 2. The number of rotatable bonds is 7. The van der Waals surface area contributed by atoms with Crippen LogP contribution in [-0.2, 0) is 22.4 Å². The molecular weight excluding hydrogens is 598 g/mol. The number of fused-ring (bicyclic) bond motifs is 2. The number of hydrogen-bond donors (Lipinski definition) is 3. The van der Waals surface area contributed by atoms with Crippen LogP contribution in [0.1, 0.15) is 43.0 Å². The SMILES string of the molecule is CC1(Cc2n[nH]c3ccccc23)C(=N)N(C(=N)c2ccccc2)c2ccccc2N(CC(=O)N2CCCCC2Cc2ccccc2)C1=O. The van der Waals surface area contributed by atoms with Gasteiger partial charge in [-0.15, -0.1) is 0 Å². The van der Waals surface area contributed by atoms with Crippen molar-refractivity contribution in [1.29, 1.82) is 10.8 Å². The van der Waals surface area contributed by atoms with E-state index in [0.29, 0.717) is 29.2 Å². The Morgan fingerprint density at radius 1 is 0.896 bits per heavy atom. The molecule has 0 spiro atoms. The average molecular weight is 638 g/mol. The zero-order chi connectivity index (χ0) is 33.3. The molecule has 0 bridgehead atoms. The maximum Gasteiger partial charge on any atom is 0.242 e. The number of aromatic nitrogens is 2. The van der Waals surface area contributed by atoms with Gasteiger partial charge < -0.3 is 9.80 Å². The number of carbonyl (C=O) groups is 2. The third-order valence-corrected chi connectivity index (χ3v) is 9.77. The molecule has 2 unspecified atom stereocenters. The van der Waals surface area contributed by atoms with Gasteiger partial charge >= 0.3 is 0 Å². The molecule has 9 heteroatoms. The number of amides is 2. The van der Waals surface area contributed by atoms with Crippen LogP contribution in [-0.4, -0.2) is 57.7 Å². The number of aromatic amines is 1. The molecule has 3 heterocycles. The minimum absolute atomic E-state index is 0.0360. The molecule has 5 aromatic rings. The Hall–Kier alpha value is -5.57. The summed E-state index contributed by atoms with van der Waals surface area (Å²) in [5.41, 5.74) is 2.81. The van der Waals surface area contributed by atoms with E-state index < -0.39 is 5.41 Å². The summed E-state index contributed by atoms with van der Waals surface area (Å²) in [6, 6.07) is 34.5. The van der Waals surface area contributed by atoms with Crippen LogP contribution < -0.4 is 9.80 Å². The maximum absolute atomic E-state index is 15.1. The van der Waals surface area contributed by atoms with Crippen molar-refractivity contribution in [2.75, 3.05) is 22.9 Å². The minimum Gasteiger partial charge on any atom is -0.338 e. The fourth-order valence-electron chi connectivity index (χ4n) is 7.17. The predicted molar refractivity (Wildman–Crippen MR) is 190 cm³/mol. The van der Waals surface area contributed by atoms with Gasteiger partial charge in [-0.3, -0.25) is 30.4 Å². The largest absolute Gasteiger partial charge is 0.338 e. The Morgan fingerprint density at radius 3 is 2.33 bits per heavy atom. The molecule has 2 aliphatic rings. The lowest BCUT2D eigenvalue weighted by Crippen LogP contribution is -2.55. The van der Waals surface area contributed by atoms with Crippen molar-refractivity contribution < 1.29 is 9.59 Å². The molecule has 4 aromatic carbocycles. The molecule has 9 nitrogen and oxygen atoms in total. The highest BCUT2D eigenvalue weighted by Crippen LogP contribution is 2.42. The lowest BCUT2D eigenvalue weighted by atomic mass is 9.81. The van der Waals surface area contributed by atoms with Gasteiger partial charge in [0.05, 0.1) is 22.6 Å². The first kappa shape index (κ1) is 31.1. The first-order valence-corrected chi connectivity index (χ1v) is 16.5. The topological polar surface area (TPSA) is 120 Å². The van der Waals surface area contributed by atoms with Gasteiger partial charge in [0.15, 0.2) is 0 Å². The molecule has 1 fully saturated rings. The summed E-state index contributed by atoms with van der Waals surface area (Å²) in [6.07, 6.45) is 3.73. The molecule has 7 rings (SSSR count). The van der Waals surface area contributed by atoms with Gasteiger partial charge in [-0.2, -0.15) is 5.10 Å². The standard InChI is InChI=1S/C39H39N7O2/c1-39(25-32-30-19-8-9-20-31(30)42-43-32)37(41)46(36(40)28-16-6-3-7-17-28)34-22-11-10-21-33(34)45(38(39)48)26-35(47)44-23-13-12-18-29(44)24-27-14-4-2-5-15-27/h2-11,14-17,19-22,29,40-41H,12-13,18,23-26H2,1H3,(H,42,43). The molecule has 1 aromatic heterocycles. The number of benzene rings is 4. The van der Waals surface area contributed by atoms with Crippen molar-refractivity contribution in [2.45, 2.75) is 45.1 Å². The van der Waals surface area contributed by atoms with E-state index in [-0.39, 0.29) is 42.5 Å². The number of H-pyrrole nitrogens is 1. The highest BCUT2D eigenvalue weighted by molar-refractivity contribution is 6.33. The molecule has 242 valence electrons. The molecule has 1 saturated heterocycles. The third-order valence-electron chi connectivity index (χ3n) is 9.77. The lowest BCUT2D eigenvalue weighted by molar-refractivity contribution is -0.135. The van der Waals surface area contributed by atoms with E-state index in [9.17, 15) is 15.6 Å². The van der Waals surface area contributed by atoms with Gasteiger partial charge in [-0.1, -0.05) is 91.0 Å². The fraction of sp³-hybridized carbons (Fsp3) is 0.256. The number of amidine groups is 2. The van der Waals surface area contributed by atoms with E-state index in [4.69, 9.17) is 0 Å². The second kappa shape index (κ2) is 12.9. The van der Waals surface area contributed by atoms with Gasteiger partial charge in [0.1, 0.15) is 23.6 Å². The van der Waals surface area contributed by atoms with Crippen molar-refractivity contribution in [3.63, 3.8) is 0 Å². The molecular formula is C39H39N7O2. The number of nitrogens with one attached hydrogen (secondary N) is 3. The fourth-order valence-corrected chi connectivity index (χ4v) is 7.17. The zero-order valence-corrected chi connectivity index (χ0v) is 27.0. The van der Waals surface area contributed by atoms with Gasteiger partial charge in [0.25, 0.3) is 0 Å². The van der Waals surface area contributed by atoms with Crippen LogP contribution in [0, 0.1) is 16.2 Å². The molecule has 2 amide bonds. The number of carbonyl (C=O) groups excluding carboxylic acids is 2. The monoisotopic (exact) mass is 637 g/mol. The second-order valence-corrected chi connectivity index (χ2v) is 12.9. The number of para-hydroxylation sites is 3. The van der Waals surface area contributed by atoms with E-state index in [0.717, 1.165) is 36.6 Å².